The van der Waals surface area contributed by atoms with E-state index < -0.39 is 19.3 Å². The summed E-state index contributed by atoms with van der Waals surface area (Å²) in [5.74, 6) is -0.512. The third-order valence-corrected chi connectivity index (χ3v) is 10.9. The summed E-state index contributed by atoms with van der Waals surface area (Å²) in [6.45, 7) is 3.70. The summed E-state index contributed by atoms with van der Waals surface area (Å²) in [6, 6.07) is 22.6. The van der Waals surface area contributed by atoms with Crippen LogP contribution in [0.15, 0.2) is 79.0 Å². The van der Waals surface area contributed by atoms with Gasteiger partial charge in [0.1, 0.15) is 5.15 Å². The SMILES string of the molecule is CC(C)(CC(C[N+](=O)[O-])c1cn2nc(Cl)ccc2n1)[Si](O)(c1ccccc1)c1ccccc1. The molecule has 1 unspecified atom stereocenters. The number of rotatable bonds is 8. The minimum Gasteiger partial charge on any atom is -0.424 e. The first-order valence-electron chi connectivity index (χ1n) is 10.7. The zero-order chi connectivity index (χ0) is 23.6. The Balaban J connectivity index is 1.79. The van der Waals surface area contributed by atoms with E-state index in [2.05, 4.69) is 10.1 Å². The number of halogens is 1. The molecule has 33 heavy (non-hydrogen) atoms. The van der Waals surface area contributed by atoms with Crippen LogP contribution in [0.5, 0.6) is 0 Å². The molecule has 170 valence electrons. The maximum atomic E-state index is 12.4. The predicted octanol–water partition coefficient (Wildman–Crippen LogP) is 3.67. The fourth-order valence-corrected chi connectivity index (χ4v) is 8.52. The lowest BCUT2D eigenvalue weighted by Crippen LogP contribution is -2.65. The normalized spacial score (nSPS) is 13.2. The van der Waals surface area contributed by atoms with Crippen molar-refractivity contribution in [3.63, 3.8) is 0 Å². The van der Waals surface area contributed by atoms with Gasteiger partial charge in [-0.1, -0.05) is 86.1 Å². The van der Waals surface area contributed by atoms with Crippen molar-refractivity contribution < 1.29 is 9.72 Å². The highest BCUT2D eigenvalue weighted by Gasteiger charge is 2.51. The first kappa shape index (κ1) is 23.1. The summed E-state index contributed by atoms with van der Waals surface area (Å²) in [5, 5.41) is 17.2. The van der Waals surface area contributed by atoms with Crippen molar-refractivity contribution in [1.29, 1.82) is 0 Å². The van der Waals surface area contributed by atoms with Crippen molar-refractivity contribution in [1.82, 2.24) is 14.6 Å². The molecule has 2 aromatic heterocycles. The van der Waals surface area contributed by atoms with Crippen LogP contribution in [0, 0.1) is 10.1 Å². The second-order valence-electron chi connectivity index (χ2n) is 8.87. The molecule has 0 saturated carbocycles. The van der Waals surface area contributed by atoms with E-state index in [4.69, 9.17) is 11.6 Å². The Labute approximate surface area is 198 Å². The predicted molar refractivity (Wildman–Crippen MR) is 131 cm³/mol. The van der Waals surface area contributed by atoms with Crippen LogP contribution in [0.4, 0.5) is 0 Å². The summed E-state index contributed by atoms with van der Waals surface area (Å²) >= 11 is 6.00. The summed E-state index contributed by atoms with van der Waals surface area (Å²) in [5.41, 5.74) is 1.13. The molecule has 4 rings (SSSR count). The first-order chi connectivity index (χ1) is 15.7. The molecule has 0 bridgehead atoms. The van der Waals surface area contributed by atoms with Gasteiger partial charge < -0.3 is 4.80 Å². The smallest absolute Gasteiger partial charge is 0.258 e. The lowest BCUT2D eigenvalue weighted by atomic mass is 9.93. The molecule has 7 nitrogen and oxygen atoms in total. The fourth-order valence-electron chi connectivity index (χ4n) is 4.59. The minimum absolute atomic E-state index is 0.297. The number of benzene rings is 2. The molecule has 0 saturated heterocycles. The zero-order valence-electron chi connectivity index (χ0n) is 18.4. The Kier molecular flexibility index (Phi) is 6.33. The van der Waals surface area contributed by atoms with E-state index in [1.807, 2.05) is 74.5 Å². The number of nitro groups is 1. The molecule has 0 amide bonds. The van der Waals surface area contributed by atoms with Crippen LogP contribution in [-0.2, 0) is 0 Å². The van der Waals surface area contributed by atoms with E-state index in [-0.39, 0.29) is 11.5 Å². The second kappa shape index (κ2) is 9.05. The molecule has 0 aliphatic heterocycles. The van der Waals surface area contributed by atoms with Crippen molar-refractivity contribution >= 4 is 35.9 Å². The van der Waals surface area contributed by atoms with Gasteiger partial charge >= 0.3 is 0 Å². The highest BCUT2D eigenvalue weighted by atomic mass is 35.5. The highest BCUT2D eigenvalue weighted by Crippen LogP contribution is 2.44. The van der Waals surface area contributed by atoms with Crippen molar-refractivity contribution in [2.75, 3.05) is 6.54 Å². The van der Waals surface area contributed by atoms with Crippen LogP contribution in [0.3, 0.4) is 0 Å². The van der Waals surface area contributed by atoms with Crippen LogP contribution in [0.2, 0.25) is 10.2 Å². The summed E-state index contributed by atoms with van der Waals surface area (Å²) < 4.78 is 1.54. The number of nitrogens with zero attached hydrogens (tertiary/aromatic N) is 4. The van der Waals surface area contributed by atoms with Gasteiger partial charge in [-0.15, -0.1) is 0 Å². The Morgan fingerprint density at radius 2 is 1.64 bits per heavy atom. The van der Waals surface area contributed by atoms with Crippen LogP contribution < -0.4 is 10.4 Å². The Hall–Kier alpha value is -3.07. The zero-order valence-corrected chi connectivity index (χ0v) is 20.2. The molecule has 9 heteroatoms. The minimum atomic E-state index is -3.32. The molecule has 0 aliphatic rings. The van der Waals surface area contributed by atoms with Crippen LogP contribution in [-0.4, -0.2) is 39.2 Å². The van der Waals surface area contributed by atoms with Crippen LogP contribution in [0.25, 0.3) is 5.65 Å². The molecular formula is C24H25ClN4O3Si. The molecule has 0 aliphatic carbocycles. The summed E-state index contributed by atoms with van der Waals surface area (Å²) in [4.78, 5) is 28.3. The number of aromatic nitrogens is 3. The van der Waals surface area contributed by atoms with E-state index in [0.29, 0.717) is 22.9 Å². The van der Waals surface area contributed by atoms with E-state index >= 15 is 0 Å². The largest absolute Gasteiger partial charge is 0.424 e. The van der Waals surface area contributed by atoms with Gasteiger partial charge in [0.25, 0.3) is 8.32 Å². The molecule has 0 fully saturated rings. The molecular weight excluding hydrogens is 456 g/mol. The van der Waals surface area contributed by atoms with Crippen LogP contribution in [0.1, 0.15) is 31.9 Å². The maximum Gasteiger partial charge on any atom is 0.258 e. The molecule has 0 radical (unpaired) electrons. The van der Waals surface area contributed by atoms with Gasteiger partial charge in [-0.2, -0.15) is 5.10 Å². The van der Waals surface area contributed by atoms with Crippen molar-refractivity contribution in [3.8, 4) is 0 Å². The average molecular weight is 481 g/mol. The first-order valence-corrected chi connectivity index (χ1v) is 13.0. The van der Waals surface area contributed by atoms with Gasteiger partial charge in [0.2, 0.25) is 6.54 Å². The number of fused-ring (bicyclic) bond motifs is 1. The molecule has 0 spiro atoms. The Morgan fingerprint density at radius 1 is 1.06 bits per heavy atom. The number of imidazole rings is 1. The van der Waals surface area contributed by atoms with Gasteiger partial charge in [-0.3, -0.25) is 10.1 Å². The van der Waals surface area contributed by atoms with Gasteiger partial charge in [0.15, 0.2) is 5.65 Å². The Morgan fingerprint density at radius 3 is 2.18 bits per heavy atom. The molecule has 2 aromatic carbocycles. The summed E-state index contributed by atoms with van der Waals surface area (Å²) in [6.07, 6.45) is 2.06. The average Bonchev–Trinajstić information content (AvgIpc) is 3.22. The van der Waals surface area contributed by atoms with Crippen molar-refractivity contribution in [3.05, 3.63) is 100.0 Å². The monoisotopic (exact) mass is 480 g/mol. The van der Waals surface area contributed by atoms with E-state index in [0.717, 1.165) is 10.4 Å². The lowest BCUT2D eigenvalue weighted by Gasteiger charge is -2.42. The molecule has 4 aromatic rings. The molecule has 1 atom stereocenters. The summed E-state index contributed by atoms with van der Waals surface area (Å²) in [7, 11) is -3.32. The standard InChI is InChI=1S/C24H25ClN4O3Si/c1-24(2,33(32,19-9-5-3-6-10-19)20-11-7-4-8-12-20)15-18(16-29(30)31)21-17-28-23(26-21)14-13-22(25)27-28/h3-14,17-18,32H,15-16H2,1-2H3. The van der Waals surface area contributed by atoms with Crippen LogP contribution >= 0.6 is 11.6 Å². The molecule has 1 N–H and O–H groups in total. The van der Waals surface area contributed by atoms with Gasteiger partial charge in [-0.05, 0) is 34.0 Å². The quantitative estimate of drug-likeness (QED) is 0.236. The van der Waals surface area contributed by atoms with Gasteiger partial charge in [0.05, 0.1) is 17.8 Å². The second-order valence-corrected chi connectivity index (χ2v) is 13.2. The number of hydrogen-bond acceptors (Lipinski definition) is 5. The van der Waals surface area contributed by atoms with Crippen molar-refractivity contribution in [2.24, 2.45) is 0 Å². The van der Waals surface area contributed by atoms with E-state index in [9.17, 15) is 14.9 Å². The fraction of sp³-hybridized carbons (Fsp3) is 0.250. The van der Waals surface area contributed by atoms with Gasteiger partial charge in [-0.25, -0.2) is 9.50 Å². The third-order valence-electron chi connectivity index (χ3n) is 6.21. The van der Waals surface area contributed by atoms with Gasteiger partial charge in [0, 0.05) is 4.92 Å². The van der Waals surface area contributed by atoms with Crippen molar-refractivity contribution in [2.45, 2.75) is 31.2 Å². The topological polar surface area (TPSA) is 93.6 Å². The number of hydrogen-bond donors (Lipinski definition) is 1. The Bertz CT molecular complexity index is 1230. The van der Waals surface area contributed by atoms with E-state index in [1.165, 1.54) is 4.52 Å². The maximum absolute atomic E-state index is 12.4. The highest BCUT2D eigenvalue weighted by molar-refractivity contribution is 6.98. The third kappa shape index (κ3) is 4.55. The van der Waals surface area contributed by atoms with E-state index in [1.54, 1.807) is 18.3 Å². The lowest BCUT2D eigenvalue weighted by molar-refractivity contribution is -0.483. The molecule has 2 heterocycles.